The lowest BCUT2D eigenvalue weighted by Crippen LogP contribution is -1.73. The number of hydrogen-bond donors (Lipinski definition) is 0. The van der Waals surface area contributed by atoms with Crippen molar-refractivity contribution < 1.29 is 0 Å². The van der Waals surface area contributed by atoms with Crippen LogP contribution in [0.1, 0.15) is 26.7 Å². The molecule has 0 saturated heterocycles. The molecule has 0 aromatic heterocycles. The van der Waals surface area contributed by atoms with Crippen molar-refractivity contribution in [2.75, 3.05) is 0 Å². The molecule has 0 nitrogen and oxygen atoms in total. The lowest BCUT2D eigenvalue weighted by atomic mass is 10.1. The Bertz CT molecular complexity index is 138. The summed E-state index contributed by atoms with van der Waals surface area (Å²) in [5.41, 5.74) is 1.36. The Morgan fingerprint density at radius 3 is 2.60 bits per heavy atom. The Morgan fingerprint density at radius 2 is 2.20 bits per heavy atom. The van der Waals surface area contributed by atoms with Crippen LogP contribution in [0.4, 0.5) is 0 Å². The third-order valence-corrected chi connectivity index (χ3v) is 1.23. The average molecular weight is 136 g/mol. The molecule has 0 aliphatic rings. The maximum Gasteiger partial charge on any atom is -0.0103 e. The molecule has 0 aliphatic heterocycles. The summed E-state index contributed by atoms with van der Waals surface area (Å²) in [4.78, 5) is 0. The number of rotatable bonds is 4. The van der Waals surface area contributed by atoms with Gasteiger partial charge in [0.15, 0.2) is 0 Å². The second kappa shape index (κ2) is 6.34. The van der Waals surface area contributed by atoms with Gasteiger partial charge in [0.2, 0.25) is 0 Å². The predicted octanol–water partition coefficient (Wildman–Crippen LogP) is 3.48. The molecule has 0 bridgehead atoms. The lowest BCUT2D eigenvalue weighted by Gasteiger charge is -1.94. The van der Waals surface area contributed by atoms with Gasteiger partial charge >= 0.3 is 0 Å². The van der Waals surface area contributed by atoms with Crippen LogP contribution in [0.25, 0.3) is 0 Å². The predicted molar refractivity (Wildman–Crippen MR) is 48.0 cm³/mol. The Labute approximate surface area is 64.0 Å². The first kappa shape index (κ1) is 9.22. The Hall–Kier alpha value is -0.780. The van der Waals surface area contributed by atoms with Crippen molar-refractivity contribution in [1.82, 2.24) is 0 Å². The molecular formula is C10H16. The van der Waals surface area contributed by atoms with Crippen LogP contribution in [0.2, 0.25) is 0 Å². The van der Waals surface area contributed by atoms with E-state index in [2.05, 4.69) is 31.7 Å². The van der Waals surface area contributed by atoms with Crippen LogP contribution in [0.5, 0.6) is 0 Å². The molecule has 0 rings (SSSR count). The molecule has 10 heavy (non-hydrogen) atoms. The van der Waals surface area contributed by atoms with Crippen molar-refractivity contribution >= 4 is 0 Å². The van der Waals surface area contributed by atoms with Gasteiger partial charge in [-0.2, -0.15) is 0 Å². The first-order chi connectivity index (χ1) is 4.85. The highest BCUT2D eigenvalue weighted by Crippen LogP contribution is 2.04. The molecule has 0 atom stereocenters. The van der Waals surface area contributed by atoms with Crippen LogP contribution in [0.15, 0.2) is 36.5 Å². The van der Waals surface area contributed by atoms with Crippen LogP contribution in [0, 0.1) is 0 Å². The van der Waals surface area contributed by atoms with Gasteiger partial charge in [0.25, 0.3) is 0 Å². The molecule has 0 unspecified atom stereocenters. The monoisotopic (exact) mass is 136 g/mol. The maximum absolute atomic E-state index is 3.69. The Balaban J connectivity index is 3.96. The highest BCUT2D eigenvalue weighted by atomic mass is 13.9. The zero-order valence-corrected chi connectivity index (χ0v) is 6.93. The van der Waals surface area contributed by atoms with Crippen LogP contribution in [0.3, 0.4) is 0 Å². The molecule has 0 heterocycles. The van der Waals surface area contributed by atoms with Gasteiger partial charge in [-0.1, -0.05) is 31.2 Å². The van der Waals surface area contributed by atoms with Crippen molar-refractivity contribution in [1.29, 1.82) is 0 Å². The molecule has 0 radical (unpaired) electrons. The minimum absolute atomic E-state index is 0.984. The summed E-state index contributed by atoms with van der Waals surface area (Å²) in [5.74, 6) is 0. The van der Waals surface area contributed by atoms with E-state index in [1.165, 1.54) is 5.57 Å². The van der Waals surface area contributed by atoms with Crippen molar-refractivity contribution in [2.45, 2.75) is 26.7 Å². The van der Waals surface area contributed by atoms with E-state index in [1.54, 1.807) is 0 Å². The summed E-state index contributed by atoms with van der Waals surface area (Å²) in [5, 5.41) is 0. The first-order valence-corrected chi connectivity index (χ1v) is 3.77. The van der Waals surface area contributed by atoms with Crippen LogP contribution >= 0.6 is 0 Å². The molecule has 0 aromatic rings. The van der Waals surface area contributed by atoms with E-state index in [-0.39, 0.29) is 0 Å². The summed E-state index contributed by atoms with van der Waals surface area (Å²) in [7, 11) is 0. The van der Waals surface area contributed by atoms with E-state index >= 15 is 0 Å². The van der Waals surface area contributed by atoms with Gasteiger partial charge in [0.1, 0.15) is 0 Å². The normalized spacial score (nSPS) is 12.4. The van der Waals surface area contributed by atoms with E-state index < -0.39 is 0 Å². The summed E-state index contributed by atoms with van der Waals surface area (Å²) >= 11 is 0. The van der Waals surface area contributed by atoms with Crippen molar-refractivity contribution in [3.63, 3.8) is 0 Å². The van der Waals surface area contributed by atoms with Crippen molar-refractivity contribution in [2.24, 2.45) is 0 Å². The zero-order chi connectivity index (χ0) is 7.82. The molecule has 0 aliphatic carbocycles. The van der Waals surface area contributed by atoms with Gasteiger partial charge in [-0.05, 0) is 25.3 Å². The molecule has 0 amide bonds. The van der Waals surface area contributed by atoms with E-state index in [1.807, 2.05) is 13.0 Å². The molecule has 56 valence electrons. The quantitative estimate of drug-likeness (QED) is 0.410. The third-order valence-electron chi connectivity index (χ3n) is 1.23. The number of allylic oxidation sites excluding steroid dienone is 5. The van der Waals surface area contributed by atoms with Gasteiger partial charge in [0.05, 0.1) is 0 Å². The zero-order valence-electron chi connectivity index (χ0n) is 6.93. The highest BCUT2D eigenvalue weighted by Gasteiger charge is 1.84. The largest absolute Gasteiger partial charge is 0.103 e. The fourth-order valence-electron chi connectivity index (χ4n) is 0.862. The minimum Gasteiger partial charge on any atom is -0.103 e. The smallest absolute Gasteiger partial charge is 0.0103 e. The Kier molecular flexibility index (Phi) is 5.85. The summed E-state index contributed by atoms with van der Waals surface area (Å²) < 4.78 is 0. The second-order valence-corrected chi connectivity index (χ2v) is 2.18. The van der Waals surface area contributed by atoms with E-state index in [4.69, 9.17) is 0 Å². The maximum atomic E-state index is 3.69. The SMILES string of the molecule is C=CCC(/C=C\C)=C/CC. The summed E-state index contributed by atoms with van der Waals surface area (Å²) in [6, 6.07) is 0. The van der Waals surface area contributed by atoms with Crippen LogP contribution in [-0.4, -0.2) is 0 Å². The lowest BCUT2D eigenvalue weighted by molar-refractivity contribution is 1.16. The average Bonchev–Trinajstić information content (AvgIpc) is 1.90. The minimum atomic E-state index is 0.984. The number of hydrogen-bond acceptors (Lipinski definition) is 0. The topological polar surface area (TPSA) is 0 Å². The van der Waals surface area contributed by atoms with Gasteiger partial charge in [-0.3, -0.25) is 0 Å². The standard InChI is InChI=1S/C10H16/c1-4-7-10(8-5-2)9-6-3/h4-5,8-9H,1,6-7H2,2-3H3/b8-5-,10-9-. The fourth-order valence-corrected chi connectivity index (χ4v) is 0.862. The van der Waals surface area contributed by atoms with E-state index in [0.29, 0.717) is 0 Å². The van der Waals surface area contributed by atoms with Gasteiger partial charge in [0, 0.05) is 0 Å². The third kappa shape index (κ3) is 4.13. The molecule has 0 saturated carbocycles. The fraction of sp³-hybridized carbons (Fsp3) is 0.400. The molecule has 0 heteroatoms. The van der Waals surface area contributed by atoms with Gasteiger partial charge in [-0.25, -0.2) is 0 Å². The van der Waals surface area contributed by atoms with Crippen molar-refractivity contribution in [3.05, 3.63) is 36.5 Å². The molecule has 0 aromatic carbocycles. The molecule has 0 N–H and O–H groups in total. The van der Waals surface area contributed by atoms with Crippen LogP contribution in [-0.2, 0) is 0 Å². The van der Waals surface area contributed by atoms with E-state index in [0.717, 1.165) is 12.8 Å². The molecule has 0 fully saturated rings. The summed E-state index contributed by atoms with van der Waals surface area (Å²) in [6.45, 7) is 7.87. The molecular weight excluding hydrogens is 120 g/mol. The Morgan fingerprint density at radius 1 is 1.50 bits per heavy atom. The first-order valence-electron chi connectivity index (χ1n) is 3.77. The van der Waals surface area contributed by atoms with Crippen molar-refractivity contribution in [3.8, 4) is 0 Å². The van der Waals surface area contributed by atoms with E-state index in [9.17, 15) is 0 Å². The second-order valence-electron chi connectivity index (χ2n) is 2.18. The van der Waals surface area contributed by atoms with Crippen LogP contribution < -0.4 is 0 Å². The molecule has 0 spiro atoms. The van der Waals surface area contributed by atoms with Gasteiger partial charge < -0.3 is 0 Å². The summed E-state index contributed by atoms with van der Waals surface area (Å²) in [6.07, 6.45) is 10.4. The highest BCUT2D eigenvalue weighted by molar-refractivity contribution is 5.20. The van der Waals surface area contributed by atoms with Gasteiger partial charge in [-0.15, -0.1) is 6.58 Å².